The Morgan fingerprint density at radius 3 is 2.75 bits per heavy atom. The second-order valence-corrected chi connectivity index (χ2v) is 4.60. The number of hydrogen-bond donors (Lipinski definition) is 1. The Bertz CT molecular complexity index is 575. The fourth-order valence-corrected chi connectivity index (χ4v) is 1.91. The van der Waals surface area contributed by atoms with Crippen LogP contribution in [0.1, 0.15) is 16.8 Å². The molecule has 1 N–H and O–H groups in total. The van der Waals surface area contributed by atoms with Gasteiger partial charge in [-0.3, -0.25) is 0 Å². The van der Waals surface area contributed by atoms with Gasteiger partial charge in [-0.25, -0.2) is 0 Å². The Hall–Kier alpha value is -1.66. The topological polar surface area (TPSA) is 47.3 Å². The maximum absolute atomic E-state index is 12.3. The smallest absolute Gasteiger partial charge is 0.387 e. The number of nitrogens with zero attached hydrogens (tertiary/aromatic N) is 1. The summed E-state index contributed by atoms with van der Waals surface area (Å²) in [5, 5.41) is 7.32. The average Bonchev–Trinajstić information content (AvgIpc) is 2.78. The zero-order valence-electron chi connectivity index (χ0n) is 10.7. The van der Waals surface area contributed by atoms with E-state index in [4.69, 9.17) is 16.1 Å². The number of ether oxygens (including phenoxy) is 1. The predicted molar refractivity (Wildman–Crippen MR) is 69.9 cm³/mol. The zero-order chi connectivity index (χ0) is 14.5. The summed E-state index contributed by atoms with van der Waals surface area (Å²) in [4.78, 5) is 0. The van der Waals surface area contributed by atoms with Crippen molar-refractivity contribution in [1.82, 2.24) is 10.5 Å². The molecule has 0 bridgehead atoms. The van der Waals surface area contributed by atoms with Crippen LogP contribution < -0.4 is 10.1 Å². The molecule has 0 unspecified atom stereocenters. The van der Waals surface area contributed by atoms with Gasteiger partial charge >= 0.3 is 6.61 Å². The highest BCUT2D eigenvalue weighted by atomic mass is 35.5. The lowest BCUT2D eigenvalue weighted by atomic mass is 10.2. The van der Waals surface area contributed by atoms with Gasteiger partial charge in [-0.15, -0.1) is 0 Å². The van der Waals surface area contributed by atoms with Gasteiger partial charge in [0.05, 0.1) is 5.69 Å². The van der Waals surface area contributed by atoms with Crippen LogP contribution in [0.2, 0.25) is 5.02 Å². The highest BCUT2D eigenvalue weighted by molar-refractivity contribution is 6.30. The zero-order valence-corrected chi connectivity index (χ0v) is 11.5. The first-order valence-electron chi connectivity index (χ1n) is 5.90. The van der Waals surface area contributed by atoms with Crippen molar-refractivity contribution < 1.29 is 18.0 Å². The summed E-state index contributed by atoms with van der Waals surface area (Å²) in [6.45, 7) is -0.190. The molecule has 0 fully saturated rings. The summed E-state index contributed by atoms with van der Waals surface area (Å²) in [7, 11) is 0. The molecule has 0 aliphatic rings. The van der Waals surface area contributed by atoms with Crippen molar-refractivity contribution in [2.75, 3.05) is 0 Å². The van der Waals surface area contributed by atoms with E-state index in [-0.39, 0.29) is 5.75 Å². The van der Waals surface area contributed by atoms with Crippen LogP contribution in [-0.4, -0.2) is 11.8 Å². The molecule has 7 heteroatoms. The molecule has 2 rings (SSSR count). The Labute approximate surface area is 119 Å². The molecule has 0 saturated carbocycles. The lowest BCUT2D eigenvalue weighted by Gasteiger charge is -2.11. The number of aromatic nitrogens is 1. The fourth-order valence-electron chi connectivity index (χ4n) is 1.71. The van der Waals surface area contributed by atoms with E-state index in [9.17, 15) is 8.78 Å². The molecule has 0 aliphatic heterocycles. The monoisotopic (exact) mass is 302 g/mol. The number of alkyl halides is 2. The quantitative estimate of drug-likeness (QED) is 0.887. The van der Waals surface area contributed by atoms with Crippen molar-refractivity contribution >= 4 is 11.6 Å². The molecule has 20 heavy (non-hydrogen) atoms. The third-order valence-electron chi connectivity index (χ3n) is 2.72. The van der Waals surface area contributed by atoms with Crippen LogP contribution in [-0.2, 0) is 13.1 Å². The Kier molecular flexibility index (Phi) is 4.92. The predicted octanol–water partition coefficient (Wildman–Crippen LogP) is 3.53. The van der Waals surface area contributed by atoms with Crippen LogP contribution in [0.3, 0.4) is 0 Å². The van der Waals surface area contributed by atoms with Crippen molar-refractivity contribution in [3.05, 3.63) is 46.3 Å². The van der Waals surface area contributed by atoms with Gasteiger partial charge in [0.2, 0.25) is 0 Å². The maximum atomic E-state index is 12.3. The number of nitrogens with one attached hydrogen (secondary N) is 1. The van der Waals surface area contributed by atoms with Gasteiger partial charge in [-0.05, 0) is 25.1 Å². The van der Waals surface area contributed by atoms with Gasteiger partial charge in [-0.1, -0.05) is 16.8 Å². The lowest BCUT2D eigenvalue weighted by Crippen LogP contribution is -2.14. The number of rotatable bonds is 6. The third kappa shape index (κ3) is 3.91. The van der Waals surface area contributed by atoms with Crippen molar-refractivity contribution in [1.29, 1.82) is 0 Å². The van der Waals surface area contributed by atoms with Gasteiger partial charge in [0.15, 0.2) is 0 Å². The Morgan fingerprint density at radius 1 is 1.35 bits per heavy atom. The fraction of sp³-hybridized carbons (Fsp3) is 0.308. The molecule has 1 heterocycles. The highest BCUT2D eigenvalue weighted by Gasteiger charge is 2.10. The summed E-state index contributed by atoms with van der Waals surface area (Å²) in [6.07, 6.45) is 1.54. The van der Waals surface area contributed by atoms with Crippen LogP contribution in [0.15, 0.2) is 29.0 Å². The molecule has 108 valence electrons. The van der Waals surface area contributed by atoms with Crippen LogP contribution in [0.5, 0.6) is 5.75 Å². The molecule has 2 aromatic rings. The molecule has 0 atom stereocenters. The molecule has 0 aliphatic carbocycles. The summed E-state index contributed by atoms with van der Waals surface area (Å²) in [5.74, 6) is 0.110. The molecule has 0 radical (unpaired) electrons. The highest BCUT2D eigenvalue weighted by Crippen LogP contribution is 2.24. The van der Waals surface area contributed by atoms with E-state index in [1.165, 1.54) is 18.4 Å². The first-order chi connectivity index (χ1) is 9.56. The number of halogens is 3. The minimum atomic E-state index is -2.87. The van der Waals surface area contributed by atoms with E-state index in [1.807, 2.05) is 6.92 Å². The van der Waals surface area contributed by atoms with Gasteiger partial charge in [-0.2, -0.15) is 8.78 Å². The summed E-state index contributed by atoms with van der Waals surface area (Å²) >= 11 is 5.86. The van der Waals surface area contributed by atoms with E-state index in [0.717, 1.165) is 11.3 Å². The Morgan fingerprint density at radius 2 is 2.10 bits per heavy atom. The van der Waals surface area contributed by atoms with E-state index >= 15 is 0 Å². The first kappa shape index (κ1) is 14.7. The van der Waals surface area contributed by atoms with Crippen LogP contribution >= 0.6 is 11.6 Å². The standard InChI is InChI=1S/C13H13ClF2N2O2/c1-8-10(7-19-18-8)6-17-5-9-4-11(14)2-3-12(9)20-13(15)16/h2-4,7,13,17H,5-6H2,1H3. The van der Waals surface area contributed by atoms with Crippen LogP contribution in [0.25, 0.3) is 0 Å². The van der Waals surface area contributed by atoms with Crippen molar-refractivity contribution in [2.24, 2.45) is 0 Å². The summed E-state index contributed by atoms with van der Waals surface area (Å²) < 4.78 is 33.9. The summed E-state index contributed by atoms with van der Waals surface area (Å²) in [6, 6.07) is 4.52. The molecular weight excluding hydrogens is 290 g/mol. The molecule has 0 spiro atoms. The van der Waals surface area contributed by atoms with Gasteiger partial charge in [0.25, 0.3) is 0 Å². The Balaban J connectivity index is 2.01. The molecule has 4 nitrogen and oxygen atoms in total. The minimum Gasteiger partial charge on any atom is -0.434 e. The number of aryl methyl sites for hydroxylation is 1. The van der Waals surface area contributed by atoms with E-state index in [2.05, 4.69) is 15.2 Å². The molecule has 0 saturated heterocycles. The van der Waals surface area contributed by atoms with Crippen molar-refractivity contribution in [3.63, 3.8) is 0 Å². The minimum absolute atomic E-state index is 0.110. The molecule has 1 aromatic carbocycles. The van der Waals surface area contributed by atoms with Crippen molar-refractivity contribution in [3.8, 4) is 5.75 Å². The van der Waals surface area contributed by atoms with Gasteiger partial charge < -0.3 is 14.6 Å². The largest absolute Gasteiger partial charge is 0.434 e. The van der Waals surface area contributed by atoms with Crippen LogP contribution in [0, 0.1) is 6.92 Å². The van der Waals surface area contributed by atoms with E-state index in [0.29, 0.717) is 23.7 Å². The number of benzene rings is 1. The number of hydrogen-bond acceptors (Lipinski definition) is 4. The molecular formula is C13H13ClF2N2O2. The van der Waals surface area contributed by atoms with Gasteiger partial charge in [0.1, 0.15) is 12.0 Å². The molecule has 0 amide bonds. The van der Waals surface area contributed by atoms with Crippen molar-refractivity contribution in [2.45, 2.75) is 26.6 Å². The molecule has 1 aromatic heterocycles. The normalized spacial score (nSPS) is 11.1. The second-order valence-electron chi connectivity index (χ2n) is 4.16. The third-order valence-corrected chi connectivity index (χ3v) is 2.95. The first-order valence-corrected chi connectivity index (χ1v) is 6.28. The van der Waals surface area contributed by atoms with E-state index in [1.54, 1.807) is 6.07 Å². The SMILES string of the molecule is Cc1nocc1CNCc1cc(Cl)ccc1OC(F)F. The maximum Gasteiger partial charge on any atom is 0.387 e. The second kappa shape index (κ2) is 6.67. The van der Waals surface area contributed by atoms with Gasteiger partial charge in [0, 0.05) is 29.2 Å². The lowest BCUT2D eigenvalue weighted by molar-refractivity contribution is -0.0505. The van der Waals surface area contributed by atoms with E-state index < -0.39 is 6.61 Å². The van der Waals surface area contributed by atoms with Crippen LogP contribution in [0.4, 0.5) is 8.78 Å². The summed E-state index contributed by atoms with van der Waals surface area (Å²) in [5.41, 5.74) is 2.25. The average molecular weight is 303 g/mol.